The van der Waals surface area contributed by atoms with Crippen molar-refractivity contribution in [3.05, 3.63) is 11.1 Å². The van der Waals surface area contributed by atoms with Crippen molar-refractivity contribution in [2.45, 2.75) is 13.3 Å². The van der Waals surface area contributed by atoms with Crippen LogP contribution in [0.5, 0.6) is 0 Å². The predicted octanol–water partition coefficient (Wildman–Crippen LogP) is 0.267. The molecule has 1 rings (SSSR count). The molecule has 0 bridgehead atoms. The lowest BCUT2D eigenvalue weighted by molar-refractivity contribution is 0.0948. The summed E-state index contributed by atoms with van der Waals surface area (Å²) in [6.45, 7) is 4.61. The highest BCUT2D eigenvalue weighted by molar-refractivity contribution is 7.03. The highest BCUT2D eigenvalue weighted by Gasteiger charge is 2.06. The van der Waals surface area contributed by atoms with Gasteiger partial charge in [-0.15, -0.1) is 5.10 Å². The van der Waals surface area contributed by atoms with Crippen LogP contribution in [0.3, 0.4) is 0 Å². The van der Waals surface area contributed by atoms with E-state index >= 15 is 0 Å². The first-order chi connectivity index (χ1) is 6.84. The van der Waals surface area contributed by atoms with E-state index in [1.54, 1.807) is 5.38 Å². The molecule has 0 saturated carbocycles. The molecule has 1 aromatic heterocycles. The molecule has 78 valence electrons. The molecule has 0 radical (unpaired) electrons. The summed E-state index contributed by atoms with van der Waals surface area (Å²) in [7, 11) is 0. The first-order valence-electron chi connectivity index (χ1n) is 4.60. The van der Waals surface area contributed by atoms with E-state index in [0.717, 1.165) is 19.5 Å². The second kappa shape index (κ2) is 6.44. The highest BCUT2D eigenvalue weighted by Crippen LogP contribution is 1.95. The number of rotatable bonds is 6. The van der Waals surface area contributed by atoms with Crippen LogP contribution in [0.4, 0.5) is 0 Å². The monoisotopic (exact) mass is 214 g/mol. The summed E-state index contributed by atoms with van der Waals surface area (Å²) in [4.78, 5) is 11.3. The minimum absolute atomic E-state index is 0.143. The molecule has 1 heterocycles. The Hall–Kier alpha value is -1.01. The van der Waals surface area contributed by atoms with Crippen molar-refractivity contribution in [3.8, 4) is 0 Å². The Morgan fingerprint density at radius 1 is 1.57 bits per heavy atom. The molecular formula is C8H14N4OS. The molecule has 2 N–H and O–H groups in total. The molecule has 1 aromatic rings. The lowest BCUT2D eigenvalue weighted by atomic mass is 10.4. The van der Waals surface area contributed by atoms with E-state index in [2.05, 4.69) is 27.1 Å². The van der Waals surface area contributed by atoms with E-state index in [1.807, 2.05) is 0 Å². The SMILES string of the molecule is CCNCCCNC(=O)c1csnn1. The second-order valence-electron chi connectivity index (χ2n) is 2.75. The average molecular weight is 214 g/mol. The Kier molecular flexibility index (Phi) is 5.09. The first-order valence-corrected chi connectivity index (χ1v) is 5.44. The zero-order valence-electron chi connectivity index (χ0n) is 8.12. The molecule has 6 heteroatoms. The van der Waals surface area contributed by atoms with Gasteiger partial charge in [0.2, 0.25) is 0 Å². The number of aromatic nitrogens is 2. The molecule has 0 aliphatic carbocycles. The maximum absolute atomic E-state index is 11.3. The van der Waals surface area contributed by atoms with Gasteiger partial charge >= 0.3 is 0 Å². The molecule has 14 heavy (non-hydrogen) atoms. The van der Waals surface area contributed by atoms with Crippen LogP contribution in [-0.2, 0) is 0 Å². The van der Waals surface area contributed by atoms with Gasteiger partial charge in [0.05, 0.1) is 0 Å². The van der Waals surface area contributed by atoms with Gasteiger partial charge in [0.1, 0.15) is 0 Å². The quantitative estimate of drug-likeness (QED) is 0.667. The first kappa shape index (κ1) is 11.1. The second-order valence-corrected chi connectivity index (χ2v) is 3.36. The van der Waals surface area contributed by atoms with Gasteiger partial charge < -0.3 is 10.6 Å². The molecule has 5 nitrogen and oxygen atoms in total. The van der Waals surface area contributed by atoms with Crippen LogP contribution in [0, 0.1) is 0 Å². The Balaban J connectivity index is 2.10. The molecule has 0 fully saturated rings. The highest BCUT2D eigenvalue weighted by atomic mass is 32.1. The normalized spacial score (nSPS) is 10.1. The van der Waals surface area contributed by atoms with Crippen LogP contribution in [0.2, 0.25) is 0 Å². The summed E-state index contributed by atoms with van der Waals surface area (Å²) >= 11 is 1.18. The topological polar surface area (TPSA) is 66.9 Å². The lowest BCUT2D eigenvalue weighted by Crippen LogP contribution is -2.27. The van der Waals surface area contributed by atoms with Crippen molar-refractivity contribution in [2.24, 2.45) is 0 Å². The fourth-order valence-electron chi connectivity index (χ4n) is 0.946. The van der Waals surface area contributed by atoms with E-state index in [0.29, 0.717) is 12.2 Å². The van der Waals surface area contributed by atoms with Crippen LogP contribution in [-0.4, -0.2) is 35.1 Å². The average Bonchev–Trinajstić information content (AvgIpc) is 2.70. The van der Waals surface area contributed by atoms with Crippen molar-refractivity contribution in [2.75, 3.05) is 19.6 Å². The molecule has 1 amide bonds. The van der Waals surface area contributed by atoms with Crippen LogP contribution in [0.25, 0.3) is 0 Å². The van der Waals surface area contributed by atoms with E-state index in [9.17, 15) is 4.79 Å². The van der Waals surface area contributed by atoms with Crippen molar-refractivity contribution < 1.29 is 4.79 Å². The Morgan fingerprint density at radius 3 is 3.07 bits per heavy atom. The molecule has 0 aliphatic heterocycles. The van der Waals surface area contributed by atoms with E-state index in [-0.39, 0.29) is 5.91 Å². The Bertz CT molecular complexity index is 262. The molecule has 0 unspecified atom stereocenters. The number of nitrogens with one attached hydrogen (secondary N) is 2. The third-order valence-electron chi connectivity index (χ3n) is 1.66. The third-order valence-corrected chi connectivity index (χ3v) is 2.16. The van der Waals surface area contributed by atoms with Crippen molar-refractivity contribution in [1.29, 1.82) is 0 Å². The summed E-state index contributed by atoms with van der Waals surface area (Å²) in [5.41, 5.74) is 0.401. The largest absolute Gasteiger partial charge is 0.351 e. The minimum Gasteiger partial charge on any atom is -0.351 e. The molecule has 0 aliphatic rings. The van der Waals surface area contributed by atoms with Gasteiger partial charge in [-0.3, -0.25) is 4.79 Å². The fraction of sp³-hybridized carbons (Fsp3) is 0.625. The van der Waals surface area contributed by atoms with Crippen LogP contribution in [0.15, 0.2) is 5.38 Å². The standard InChI is InChI=1S/C8H14N4OS/c1-2-9-4-3-5-10-8(13)7-6-14-12-11-7/h6,9H,2-5H2,1H3,(H,10,13). The Morgan fingerprint density at radius 2 is 2.43 bits per heavy atom. The van der Waals surface area contributed by atoms with Gasteiger partial charge in [-0.25, -0.2) is 0 Å². The molecule has 0 spiro atoms. The zero-order valence-corrected chi connectivity index (χ0v) is 8.93. The van der Waals surface area contributed by atoms with Gasteiger partial charge in [0.15, 0.2) is 5.69 Å². The van der Waals surface area contributed by atoms with Gasteiger partial charge in [0.25, 0.3) is 5.91 Å². The van der Waals surface area contributed by atoms with Crippen LogP contribution >= 0.6 is 11.5 Å². The number of nitrogens with zero attached hydrogens (tertiary/aromatic N) is 2. The van der Waals surface area contributed by atoms with Crippen LogP contribution in [0.1, 0.15) is 23.8 Å². The summed E-state index contributed by atoms with van der Waals surface area (Å²) < 4.78 is 3.62. The third kappa shape index (κ3) is 3.80. The van der Waals surface area contributed by atoms with Gasteiger partial charge in [-0.05, 0) is 31.0 Å². The summed E-state index contributed by atoms with van der Waals surface area (Å²) in [6, 6.07) is 0. The van der Waals surface area contributed by atoms with Crippen molar-refractivity contribution in [1.82, 2.24) is 20.2 Å². The maximum Gasteiger partial charge on any atom is 0.272 e. The zero-order chi connectivity index (χ0) is 10.2. The van der Waals surface area contributed by atoms with E-state index < -0.39 is 0 Å². The summed E-state index contributed by atoms with van der Waals surface area (Å²) in [5.74, 6) is -0.143. The molecule has 0 atom stereocenters. The Labute approximate surface area is 87.1 Å². The molecule has 0 aromatic carbocycles. The number of hydrogen-bond acceptors (Lipinski definition) is 5. The van der Waals surface area contributed by atoms with Gasteiger partial charge in [-0.1, -0.05) is 11.4 Å². The number of hydrogen-bond donors (Lipinski definition) is 2. The summed E-state index contributed by atoms with van der Waals surface area (Å²) in [5, 5.41) is 11.3. The van der Waals surface area contributed by atoms with E-state index in [4.69, 9.17) is 0 Å². The van der Waals surface area contributed by atoms with E-state index in [1.165, 1.54) is 11.5 Å². The van der Waals surface area contributed by atoms with Crippen molar-refractivity contribution in [3.63, 3.8) is 0 Å². The lowest BCUT2D eigenvalue weighted by Gasteiger charge is -2.02. The smallest absolute Gasteiger partial charge is 0.272 e. The molecular weight excluding hydrogens is 200 g/mol. The predicted molar refractivity (Wildman–Crippen MR) is 55.4 cm³/mol. The number of carbonyl (C=O) groups excluding carboxylic acids is 1. The summed E-state index contributed by atoms with van der Waals surface area (Å²) in [6.07, 6.45) is 0.928. The van der Waals surface area contributed by atoms with Gasteiger partial charge in [0, 0.05) is 11.9 Å². The maximum atomic E-state index is 11.3. The molecule has 0 saturated heterocycles. The number of amides is 1. The number of carbonyl (C=O) groups is 1. The van der Waals surface area contributed by atoms with Gasteiger partial charge in [-0.2, -0.15) is 0 Å². The fourth-order valence-corrected chi connectivity index (χ4v) is 1.38. The minimum atomic E-state index is -0.143. The van der Waals surface area contributed by atoms with Crippen LogP contribution < -0.4 is 10.6 Å². The van der Waals surface area contributed by atoms with Crippen molar-refractivity contribution >= 4 is 17.4 Å².